The second-order valence-corrected chi connectivity index (χ2v) is 9.10. The van der Waals surface area contributed by atoms with Gasteiger partial charge in [0, 0.05) is 55.6 Å². The summed E-state index contributed by atoms with van der Waals surface area (Å²) in [6, 6.07) is 2.25. The van der Waals surface area contributed by atoms with Gasteiger partial charge in [0.1, 0.15) is 11.6 Å². The minimum atomic E-state index is 0.110. The summed E-state index contributed by atoms with van der Waals surface area (Å²) in [5.41, 5.74) is 1.81. The Bertz CT molecular complexity index is 1240. The van der Waals surface area contributed by atoms with Crippen LogP contribution in [0, 0.1) is 0 Å². The van der Waals surface area contributed by atoms with E-state index in [-0.39, 0.29) is 5.92 Å². The molecule has 1 N–H and O–H groups in total. The lowest BCUT2D eigenvalue weighted by Gasteiger charge is -2.23. The largest absolute Gasteiger partial charge is 0.478 e. The second kappa shape index (κ2) is 9.19. The summed E-state index contributed by atoms with van der Waals surface area (Å²) in [6.45, 7) is 2.77. The van der Waals surface area contributed by atoms with Crippen LogP contribution >= 0.6 is 11.6 Å². The van der Waals surface area contributed by atoms with Gasteiger partial charge in [-0.05, 0) is 25.3 Å². The number of allylic oxidation sites excluding steroid dienone is 3. The Balaban J connectivity index is 1.27. The first-order valence-corrected chi connectivity index (χ1v) is 12.0. The van der Waals surface area contributed by atoms with Crippen molar-refractivity contribution in [2.24, 2.45) is 0 Å². The summed E-state index contributed by atoms with van der Waals surface area (Å²) in [4.78, 5) is 9.21. The molecule has 0 aliphatic carbocycles. The zero-order valence-corrected chi connectivity index (χ0v) is 19.4. The maximum Gasteiger partial charge on any atom is 0.223 e. The number of anilines is 1. The van der Waals surface area contributed by atoms with Crippen LogP contribution in [-0.2, 0) is 22.4 Å². The summed E-state index contributed by atoms with van der Waals surface area (Å²) in [5.74, 6) is 3.19. The molecule has 10 nitrogen and oxygen atoms in total. The molecule has 11 heteroatoms. The topological polar surface area (TPSA) is 105 Å². The van der Waals surface area contributed by atoms with E-state index in [2.05, 4.69) is 31.7 Å². The summed E-state index contributed by atoms with van der Waals surface area (Å²) in [7, 11) is 0. The third-order valence-electron chi connectivity index (χ3n) is 6.36. The van der Waals surface area contributed by atoms with E-state index < -0.39 is 0 Å². The van der Waals surface area contributed by atoms with E-state index in [1.165, 1.54) is 0 Å². The van der Waals surface area contributed by atoms with Crippen molar-refractivity contribution in [3.05, 3.63) is 59.2 Å². The molecule has 1 fully saturated rings. The van der Waals surface area contributed by atoms with E-state index in [0.717, 1.165) is 61.3 Å². The van der Waals surface area contributed by atoms with Gasteiger partial charge in [-0.2, -0.15) is 5.10 Å². The van der Waals surface area contributed by atoms with E-state index in [1.807, 2.05) is 27.6 Å². The first-order chi connectivity index (χ1) is 16.7. The maximum atomic E-state index is 6.20. The van der Waals surface area contributed by atoms with Crippen LogP contribution < -0.4 is 5.32 Å². The van der Waals surface area contributed by atoms with E-state index in [0.29, 0.717) is 36.6 Å². The molecule has 1 saturated heterocycles. The van der Waals surface area contributed by atoms with Crippen LogP contribution in [0.15, 0.2) is 36.8 Å². The van der Waals surface area contributed by atoms with Crippen molar-refractivity contribution in [1.82, 2.24) is 34.5 Å². The monoisotopic (exact) mass is 480 g/mol. The first-order valence-electron chi connectivity index (χ1n) is 11.6. The average molecular weight is 481 g/mol. The Morgan fingerprint density at radius 2 is 2.06 bits per heavy atom. The molecule has 0 saturated carbocycles. The number of hydrogen-bond donors (Lipinski definition) is 1. The molecule has 6 rings (SSSR count). The Labute approximate surface area is 201 Å². The van der Waals surface area contributed by atoms with Crippen molar-refractivity contribution in [2.45, 2.75) is 44.2 Å². The summed E-state index contributed by atoms with van der Waals surface area (Å²) in [6.07, 6.45) is 12.7. The van der Waals surface area contributed by atoms with E-state index >= 15 is 0 Å². The minimum absolute atomic E-state index is 0.110. The smallest absolute Gasteiger partial charge is 0.223 e. The van der Waals surface area contributed by atoms with Crippen molar-refractivity contribution in [3.8, 4) is 0 Å². The number of ether oxygens (including phenoxy) is 2. The quantitative estimate of drug-likeness (QED) is 0.593. The highest BCUT2D eigenvalue weighted by Gasteiger charge is 2.29. The summed E-state index contributed by atoms with van der Waals surface area (Å²) >= 11 is 6.05. The van der Waals surface area contributed by atoms with Crippen LogP contribution in [0.25, 0.3) is 11.5 Å². The standard InChI is InChI=1S/C23H25ClN8O2/c24-17-12-26-31(14-17)13-16-4-10-34-21-11-15(1-2-20-29-30-22(16)32(20)21)19-3-7-25-23(28-19)27-18-5-8-33-9-6-18/h1,3,7,11-12,14,16,18H,2,4-6,8-10,13H2,(H,25,27,28). The lowest BCUT2D eigenvalue weighted by Crippen LogP contribution is -2.28. The van der Waals surface area contributed by atoms with Gasteiger partial charge in [-0.15, -0.1) is 10.2 Å². The van der Waals surface area contributed by atoms with Crippen molar-refractivity contribution in [2.75, 3.05) is 25.1 Å². The predicted molar refractivity (Wildman–Crippen MR) is 126 cm³/mol. The molecule has 0 amide bonds. The molecule has 0 radical (unpaired) electrons. The maximum absolute atomic E-state index is 6.20. The van der Waals surface area contributed by atoms with Gasteiger partial charge in [0.25, 0.3) is 0 Å². The van der Waals surface area contributed by atoms with Crippen LogP contribution in [0.5, 0.6) is 0 Å². The van der Waals surface area contributed by atoms with Gasteiger partial charge >= 0.3 is 0 Å². The summed E-state index contributed by atoms with van der Waals surface area (Å²) in [5, 5.41) is 17.4. The van der Waals surface area contributed by atoms with Gasteiger partial charge in [-0.25, -0.2) is 9.97 Å². The lowest BCUT2D eigenvalue weighted by atomic mass is 10.1. The van der Waals surface area contributed by atoms with Gasteiger partial charge in [-0.1, -0.05) is 17.7 Å². The number of nitrogens with one attached hydrogen (secondary N) is 1. The van der Waals surface area contributed by atoms with Crippen molar-refractivity contribution in [3.63, 3.8) is 0 Å². The van der Waals surface area contributed by atoms with Crippen LogP contribution in [0.3, 0.4) is 0 Å². The Morgan fingerprint density at radius 3 is 2.91 bits per heavy atom. The number of aromatic nitrogens is 7. The molecule has 1 unspecified atom stereocenters. The van der Waals surface area contributed by atoms with Crippen LogP contribution in [0.1, 0.15) is 42.5 Å². The molecule has 3 aliphatic rings. The van der Waals surface area contributed by atoms with Gasteiger partial charge < -0.3 is 14.8 Å². The molecule has 0 aromatic carbocycles. The molecule has 0 bridgehead atoms. The fraction of sp³-hybridized carbons (Fsp3) is 0.435. The minimum Gasteiger partial charge on any atom is -0.478 e. The Hall–Kier alpha value is -3.24. The van der Waals surface area contributed by atoms with Gasteiger partial charge in [0.05, 0.1) is 30.1 Å². The fourth-order valence-electron chi connectivity index (χ4n) is 4.59. The van der Waals surface area contributed by atoms with E-state index in [1.54, 1.807) is 12.4 Å². The van der Waals surface area contributed by atoms with Crippen LogP contribution in [-0.4, -0.2) is 60.4 Å². The Kier molecular flexibility index (Phi) is 5.76. The molecule has 3 aromatic heterocycles. The lowest BCUT2D eigenvalue weighted by molar-refractivity contribution is 0.0903. The molecule has 176 valence electrons. The third kappa shape index (κ3) is 4.30. The van der Waals surface area contributed by atoms with Gasteiger partial charge in [-0.3, -0.25) is 9.25 Å². The van der Waals surface area contributed by atoms with Gasteiger partial charge in [0.15, 0.2) is 0 Å². The molecule has 3 aliphatic heterocycles. The highest BCUT2D eigenvalue weighted by atomic mass is 35.5. The van der Waals surface area contributed by atoms with E-state index in [4.69, 9.17) is 26.1 Å². The molecule has 0 spiro atoms. The number of rotatable bonds is 5. The van der Waals surface area contributed by atoms with Crippen molar-refractivity contribution >= 4 is 29.0 Å². The zero-order valence-electron chi connectivity index (χ0n) is 18.6. The second-order valence-electron chi connectivity index (χ2n) is 8.67. The fourth-order valence-corrected chi connectivity index (χ4v) is 4.75. The molecule has 3 aromatic rings. The summed E-state index contributed by atoms with van der Waals surface area (Å²) < 4.78 is 15.5. The highest BCUT2D eigenvalue weighted by Crippen LogP contribution is 2.32. The number of halogens is 1. The third-order valence-corrected chi connectivity index (χ3v) is 6.55. The molecular weight excluding hydrogens is 456 g/mol. The predicted octanol–water partition coefficient (Wildman–Crippen LogP) is 3.15. The van der Waals surface area contributed by atoms with Crippen molar-refractivity contribution in [1.29, 1.82) is 0 Å². The first kappa shape index (κ1) is 21.3. The Morgan fingerprint density at radius 1 is 1.15 bits per heavy atom. The molecule has 6 heterocycles. The average Bonchev–Trinajstić information content (AvgIpc) is 3.36. The van der Waals surface area contributed by atoms with Crippen LogP contribution in [0.2, 0.25) is 5.02 Å². The molecule has 1 atom stereocenters. The van der Waals surface area contributed by atoms with E-state index in [9.17, 15) is 0 Å². The number of hydrogen-bond acceptors (Lipinski definition) is 8. The number of nitrogens with zero attached hydrogens (tertiary/aromatic N) is 7. The van der Waals surface area contributed by atoms with Gasteiger partial charge in [0.2, 0.25) is 11.8 Å². The van der Waals surface area contributed by atoms with Crippen LogP contribution in [0.4, 0.5) is 5.95 Å². The highest BCUT2D eigenvalue weighted by molar-refractivity contribution is 6.30. The normalized spacial score (nSPS) is 20.4. The molecular formula is C23H25ClN8O2. The zero-order chi connectivity index (χ0) is 22.9. The van der Waals surface area contributed by atoms with Crippen molar-refractivity contribution < 1.29 is 9.47 Å². The SMILES string of the molecule is Clc1cnn(CC2CCOC3=CC(c4ccnc(NC5CCOCC5)n4)=CCc4nnc2n43)c1. The molecule has 34 heavy (non-hydrogen) atoms.